The lowest BCUT2D eigenvalue weighted by atomic mass is 9.82. The summed E-state index contributed by atoms with van der Waals surface area (Å²) < 4.78 is 5.06. The van der Waals surface area contributed by atoms with Gasteiger partial charge in [0.25, 0.3) is 0 Å². The molecule has 1 aromatic rings. The third-order valence-corrected chi connectivity index (χ3v) is 2.66. The molecule has 1 N–H and O–H groups in total. The lowest BCUT2D eigenvalue weighted by Crippen LogP contribution is -2.34. The van der Waals surface area contributed by atoms with Crippen molar-refractivity contribution in [3.05, 3.63) is 18.2 Å². The summed E-state index contributed by atoms with van der Waals surface area (Å²) >= 11 is 0. The summed E-state index contributed by atoms with van der Waals surface area (Å²) in [6.07, 6.45) is 2.50. The highest BCUT2D eigenvalue weighted by atomic mass is 16.5. The van der Waals surface area contributed by atoms with Crippen LogP contribution in [0.15, 0.2) is 18.2 Å². The van der Waals surface area contributed by atoms with Crippen LogP contribution in [0.5, 0.6) is 5.88 Å². The van der Waals surface area contributed by atoms with Crippen LogP contribution in [-0.4, -0.2) is 18.1 Å². The van der Waals surface area contributed by atoms with Crippen molar-refractivity contribution >= 4 is 5.82 Å². The molecule has 0 spiro atoms. The molecule has 3 heteroatoms. The van der Waals surface area contributed by atoms with E-state index in [2.05, 4.69) is 17.2 Å². The summed E-state index contributed by atoms with van der Waals surface area (Å²) in [5.74, 6) is 2.45. The van der Waals surface area contributed by atoms with E-state index >= 15 is 0 Å². The van der Waals surface area contributed by atoms with Crippen molar-refractivity contribution in [1.29, 1.82) is 0 Å². The number of anilines is 1. The molecular weight excluding hydrogens is 176 g/mol. The molecule has 0 radical (unpaired) electrons. The third kappa shape index (κ3) is 1.97. The van der Waals surface area contributed by atoms with Gasteiger partial charge in [-0.1, -0.05) is 13.0 Å². The topological polar surface area (TPSA) is 34.1 Å². The molecule has 1 fully saturated rings. The van der Waals surface area contributed by atoms with Crippen LogP contribution < -0.4 is 10.1 Å². The van der Waals surface area contributed by atoms with Crippen molar-refractivity contribution < 1.29 is 4.74 Å². The van der Waals surface area contributed by atoms with Gasteiger partial charge in [0.15, 0.2) is 0 Å². The summed E-state index contributed by atoms with van der Waals surface area (Å²) in [6, 6.07) is 6.39. The lowest BCUT2D eigenvalue weighted by Gasteiger charge is -2.33. The van der Waals surface area contributed by atoms with Crippen LogP contribution in [0.4, 0.5) is 5.82 Å². The molecule has 0 aliphatic heterocycles. The Morgan fingerprint density at radius 1 is 1.43 bits per heavy atom. The fraction of sp³-hybridized carbons (Fsp3) is 0.545. The Labute approximate surface area is 84.5 Å². The molecule has 0 bridgehead atoms. The molecule has 14 heavy (non-hydrogen) atoms. The van der Waals surface area contributed by atoms with Crippen molar-refractivity contribution in [3.63, 3.8) is 0 Å². The van der Waals surface area contributed by atoms with Crippen LogP contribution in [0.2, 0.25) is 0 Å². The Balaban J connectivity index is 1.95. The molecule has 1 aliphatic rings. The van der Waals surface area contributed by atoms with Gasteiger partial charge < -0.3 is 10.1 Å². The van der Waals surface area contributed by atoms with Crippen molar-refractivity contribution in [1.82, 2.24) is 4.98 Å². The number of aromatic nitrogens is 1. The maximum absolute atomic E-state index is 5.06. The van der Waals surface area contributed by atoms with Crippen molar-refractivity contribution in [2.45, 2.75) is 25.8 Å². The largest absolute Gasteiger partial charge is 0.481 e. The molecule has 76 valence electrons. The van der Waals surface area contributed by atoms with Gasteiger partial charge in [-0.05, 0) is 24.8 Å². The van der Waals surface area contributed by atoms with E-state index < -0.39 is 0 Å². The van der Waals surface area contributed by atoms with E-state index in [1.165, 1.54) is 12.8 Å². The maximum atomic E-state index is 5.06. The van der Waals surface area contributed by atoms with Crippen LogP contribution in [0.25, 0.3) is 0 Å². The van der Waals surface area contributed by atoms with Crippen molar-refractivity contribution in [2.24, 2.45) is 5.92 Å². The molecule has 0 amide bonds. The summed E-state index contributed by atoms with van der Waals surface area (Å²) in [7, 11) is 1.64. The predicted octanol–water partition coefficient (Wildman–Crippen LogP) is 2.30. The number of nitrogens with one attached hydrogen (secondary N) is 1. The van der Waals surface area contributed by atoms with E-state index in [1.807, 2.05) is 18.2 Å². The zero-order valence-electron chi connectivity index (χ0n) is 8.66. The number of pyridine rings is 1. The first-order valence-corrected chi connectivity index (χ1v) is 5.05. The Morgan fingerprint density at radius 2 is 2.21 bits per heavy atom. The third-order valence-electron chi connectivity index (χ3n) is 2.66. The van der Waals surface area contributed by atoms with E-state index in [9.17, 15) is 0 Å². The van der Waals surface area contributed by atoms with E-state index in [-0.39, 0.29) is 0 Å². The minimum atomic E-state index is 0.601. The second kappa shape index (κ2) is 3.86. The van der Waals surface area contributed by atoms with Gasteiger partial charge in [0.2, 0.25) is 5.88 Å². The smallest absolute Gasteiger partial charge is 0.214 e. The first kappa shape index (κ1) is 9.31. The minimum absolute atomic E-state index is 0.601. The summed E-state index contributed by atoms with van der Waals surface area (Å²) in [4.78, 5) is 4.30. The van der Waals surface area contributed by atoms with Gasteiger partial charge in [-0.15, -0.1) is 0 Å². The van der Waals surface area contributed by atoms with Gasteiger partial charge in [-0.3, -0.25) is 0 Å². The van der Waals surface area contributed by atoms with Crippen LogP contribution >= 0.6 is 0 Å². The highest BCUT2D eigenvalue weighted by Crippen LogP contribution is 2.29. The first-order valence-electron chi connectivity index (χ1n) is 5.05. The summed E-state index contributed by atoms with van der Waals surface area (Å²) in [5, 5.41) is 3.39. The van der Waals surface area contributed by atoms with E-state index in [1.54, 1.807) is 7.11 Å². The molecule has 1 heterocycles. The molecule has 1 saturated carbocycles. The van der Waals surface area contributed by atoms with Crippen LogP contribution in [0.1, 0.15) is 19.8 Å². The van der Waals surface area contributed by atoms with Gasteiger partial charge in [0.1, 0.15) is 5.82 Å². The molecule has 0 atom stereocenters. The zero-order chi connectivity index (χ0) is 9.97. The quantitative estimate of drug-likeness (QED) is 0.798. The Bertz CT molecular complexity index is 308. The van der Waals surface area contributed by atoms with E-state index in [0.717, 1.165) is 11.7 Å². The van der Waals surface area contributed by atoms with E-state index in [4.69, 9.17) is 4.74 Å². The average Bonchev–Trinajstić information content (AvgIpc) is 2.16. The number of hydrogen-bond acceptors (Lipinski definition) is 3. The van der Waals surface area contributed by atoms with E-state index in [0.29, 0.717) is 11.9 Å². The fourth-order valence-corrected chi connectivity index (χ4v) is 1.84. The second-order valence-electron chi connectivity index (χ2n) is 3.98. The van der Waals surface area contributed by atoms with Gasteiger partial charge in [-0.25, -0.2) is 0 Å². The fourth-order valence-electron chi connectivity index (χ4n) is 1.84. The summed E-state index contributed by atoms with van der Waals surface area (Å²) in [6.45, 7) is 2.27. The van der Waals surface area contributed by atoms with Crippen LogP contribution in [0, 0.1) is 5.92 Å². The molecule has 3 nitrogen and oxygen atoms in total. The molecule has 0 unspecified atom stereocenters. The van der Waals surface area contributed by atoms with Gasteiger partial charge in [0.05, 0.1) is 7.11 Å². The number of methoxy groups -OCH3 is 1. The number of nitrogens with zero attached hydrogens (tertiary/aromatic N) is 1. The highest BCUT2D eigenvalue weighted by molar-refractivity contribution is 5.38. The minimum Gasteiger partial charge on any atom is -0.481 e. The van der Waals surface area contributed by atoms with Crippen LogP contribution in [-0.2, 0) is 0 Å². The number of hydrogen-bond donors (Lipinski definition) is 1. The zero-order valence-corrected chi connectivity index (χ0v) is 8.66. The molecule has 0 saturated heterocycles. The average molecular weight is 192 g/mol. The molecule has 0 aromatic carbocycles. The molecule has 1 aromatic heterocycles. The van der Waals surface area contributed by atoms with Gasteiger partial charge in [-0.2, -0.15) is 4.98 Å². The monoisotopic (exact) mass is 192 g/mol. The second-order valence-corrected chi connectivity index (χ2v) is 3.98. The van der Waals surface area contributed by atoms with Crippen molar-refractivity contribution in [2.75, 3.05) is 12.4 Å². The summed E-state index contributed by atoms with van der Waals surface area (Å²) in [5.41, 5.74) is 0. The number of rotatable bonds is 3. The normalized spacial score (nSPS) is 25.3. The first-order chi connectivity index (χ1) is 6.78. The van der Waals surface area contributed by atoms with Crippen LogP contribution in [0.3, 0.4) is 0 Å². The predicted molar refractivity (Wildman–Crippen MR) is 56.6 cm³/mol. The van der Waals surface area contributed by atoms with Gasteiger partial charge >= 0.3 is 0 Å². The Kier molecular flexibility index (Phi) is 2.57. The highest BCUT2D eigenvalue weighted by Gasteiger charge is 2.25. The standard InChI is InChI=1S/C11H16N2O/c1-8-6-9(7-8)12-10-4-3-5-11(13-10)14-2/h3-5,8-9H,6-7H2,1-2H3,(H,12,13). The van der Waals surface area contributed by atoms with Crippen molar-refractivity contribution in [3.8, 4) is 5.88 Å². The SMILES string of the molecule is COc1cccc(NC2CC(C)C2)n1. The Morgan fingerprint density at radius 3 is 2.86 bits per heavy atom. The molecule has 1 aliphatic carbocycles. The molecule has 2 rings (SSSR count). The van der Waals surface area contributed by atoms with Gasteiger partial charge in [0, 0.05) is 12.1 Å². The Hall–Kier alpha value is -1.25. The maximum Gasteiger partial charge on any atom is 0.214 e. The lowest BCUT2D eigenvalue weighted by molar-refractivity contribution is 0.308. The number of ether oxygens (including phenoxy) is 1. The molecular formula is C11H16N2O.